The second-order valence-corrected chi connectivity index (χ2v) is 29.4. The van der Waals surface area contributed by atoms with Crippen LogP contribution in [0.1, 0.15) is 142 Å². The first-order valence-corrected chi connectivity index (χ1v) is 36.2. The zero-order valence-electron chi connectivity index (χ0n) is 60.8. The Morgan fingerprint density at radius 3 is 0.981 bits per heavy atom. The number of carbonyl (C=O) groups excluding carboxylic acids is 1. The molecule has 0 radical (unpaired) electrons. The third-order valence-corrected chi connectivity index (χ3v) is 20.9. The van der Waals surface area contributed by atoms with E-state index in [1.54, 1.807) is 0 Å². The van der Waals surface area contributed by atoms with Crippen molar-refractivity contribution in [3.63, 3.8) is 0 Å². The molecule has 6 aromatic carbocycles. The molecule has 27 heteroatoms. The highest BCUT2D eigenvalue weighted by Gasteiger charge is 2.34. The molecule has 0 atom stereocenters. The van der Waals surface area contributed by atoms with E-state index >= 15 is 0 Å². The smallest absolute Gasteiger partial charge is 0.300 e. The Balaban J connectivity index is 0.000000123. The van der Waals surface area contributed by atoms with Gasteiger partial charge in [0.15, 0.2) is 33.7 Å². The van der Waals surface area contributed by atoms with Crippen LogP contribution in [0.15, 0.2) is 141 Å². The minimum absolute atomic E-state index is 0.116. The maximum Gasteiger partial charge on any atom is 0.300 e. The summed E-state index contributed by atoms with van der Waals surface area (Å²) in [6, 6.07) is 37.7. The SMILES string of the molecule is Cc1cc(C)c2oc(Nc3ccc(-c4nn(C5CCC(=O)CC5)c5ncnc(N)c45)cc3)nc2c1.Cc1cc(C)c2oc(Nc3ccc(-c4nn(C5CCC(C)(O)CC5)c5ncnc(N)c45)cc3)nc2c1.Cc1cc(C)c2oc(Nc3ccc(-c4nn(C5CCC(C)(O)CC5)c5ncnc(N)c45)cc3)nc2c1. The molecule has 9 heterocycles. The van der Waals surface area contributed by atoms with Crippen LogP contribution in [0.3, 0.4) is 0 Å². The molecule has 11 N–H and O–H groups in total. The van der Waals surface area contributed by atoms with Gasteiger partial charge in [0, 0.05) is 46.6 Å². The highest BCUT2D eigenvalue weighted by atomic mass is 16.4. The molecule has 107 heavy (non-hydrogen) atoms. The molecule has 0 unspecified atom stereocenters. The van der Waals surface area contributed by atoms with E-state index < -0.39 is 11.2 Å². The topological polar surface area (TPSA) is 381 Å². The van der Waals surface area contributed by atoms with Crippen LogP contribution in [-0.4, -0.2) is 101 Å². The molecular formula is C80H83N21O6. The summed E-state index contributed by atoms with van der Waals surface area (Å²) >= 11 is 0. The van der Waals surface area contributed by atoms with E-state index in [4.69, 9.17) is 45.7 Å². The van der Waals surface area contributed by atoms with Crippen molar-refractivity contribution >= 4 is 125 Å². The molecule has 3 saturated carbocycles. The first-order valence-electron chi connectivity index (χ1n) is 36.2. The van der Waals surface area contributed by atoms with Gasteiger partial charge in [-0.2, -0.15) is 30.2 Å². The maximum atomic E-state index is 11.7. The Morgan fingerprint density at radius 1 is 0.411 bits per heavy atom. The zero-order chi connectivity index (χ0) is 74.2. The van der Waals surface area contributed by atoms with Gasteiger partial charge in [-0.05, 0) is 208 Å². The van der Waals surface area contributed by atoms with Crippen molar-refractivity contribution in [2.24, 2.45) is 0 Å². The number of carbonyl (C=O) groups is 1. The lowest BCUT2D eigenvalue weighted by Crippen LogP contribution is -2.31. The molecule has 0 bridgehead atoms. The largest absolute Gasteiger partial charge is 0.423 e. The number of aryl methyl sites for hydroxylation is 6. The van der Waals surface area contributed by atoms with E-state index in [2.05, 4.69) is 79.0 Å². The number of ketones is 1. The molecule has 27 nitrogen and oxygen atoms in total. The first kappa shape index (κ1) is 69.2. The van der Waals surface area contributed by atoms with Crippen LogP contribution in [-0.2, 0) is 4.79 Å². The second kappa shape index (κ2) is 27.7. The monoisotopic (exact) mass is 1430 g/mol. The number of nitrogen functional groups attached to an aromatic ring is 3. The lowest BCUT2D eigenvalue weighted by Gasteiger charge is -2.33. The van der Waals surface area contributed by atoms with E-state index in [1.165, 1.54) is 19.0 Å². The number of anilines is 9. The molecule has 3 fully saturated rings. The first-order chi connectivity index (χ1) is 51.5. The molecule has 3 aliphatic carbocycles. The van der Waals surface area contributed by atoms with Crippen LogP contribution in [0, 0.1) is 41.5 Å². The third kappa shape index (κ3) is 14.0. The summed E-state index contributed by atoms with van der Waals surface area (Å²) in [5.41, 5.74) is 38.7. The van der Waals surface area contributed by atoms with Gasteiger partial charge in [-0.1, -0.05) is 54.6 Å². The summed E-state index contributed by atoms with van der Waals surface area (Å²) in [5, 5.41) is 47.6. The molecule has 0 aliphatic heterocycles. The van der Waals surface area contributed by atoms with Gasteiger partial charge >= 0.3 is 0 Å². The molecule has 3 aliphatic rings. The van der Waals surface area contributed by atoms with E-state index in [0.29, 0.717) is 59.8 Å². The Morgan fingerprint density at radius 2 is 0.692 bits per heavy atom. The fourth-order valence-corrected chi connectivity index (χ4v) is 15.3. The van der Waals surface area contributed by atoms with Crippen LogP contribution in [0.5, 0.6) is 0 Å². The van der Waals surface area contributed by atoms with Crippen LogP contribution in [0.4, 0.5) is 52.6 Å². The summed E-state index contributed by atoms with van der Waals surface area (Å²) in [4.78, 5) is 51.6. The summed E-state index contributed by atoms with van der Waals surface area (Å²) < 4.78 is 23.7. The maximum absolute atomic E-state index is 11.7. The lowest BCUT2D eigenvalue weighted by atomic mass is 9.84. The minimum Gasteiger partial charge on any atom is -0.423 e. The zero-order valence-corrected chi connectivity index (χ0v) is 60.8. The van der Waals surface area contributed by atoms with Gasteiger partial charge in [-0.15, -0.1) is 0 Å². The van der Waals surface area contributed by atoms with Crippen molar-refractivity contribution in [1.29, 1.82) is 0 Å². The number of hydrogen-bond acceptors (Lipinski definition) is 24. The number of Topliss-reactive ketones (excluding diaryl/α,β-unsaturated/α-hetero) is 1. The van der Waals surface area contributed by atoms with E-state index in [-0.39, 0.29) is 18.1 Å². The van der Waals surface area contributed by atoms with Gasteiger partial charge in [0.1, 0.15) is 75.9 Å². The number of oxazole rings is 3. The molecule has 0 spiro atoms. The molecule has 0 saturated heterocycles. The second-order valence-electron chi connectivity index (χ2n) is 29.4. The van der Waals surface area contributed by atoms with Crippen molar-refractivity contribution in [2.45, 2.75) is 162 Å². The standard InChI is InChI=1S/2C27H29N7O2.C26H25N7O2/c2*1-15-12-16(2)23-20(13-15)32-26(36-23)31-18-6-4-17(5-7-18)22-21-24(28)29-14-30-25(21)34(33-22)19-8-10-27(3,35)11-9-19;1-14-11-15(2)23-20(12-14)31-26(35-23)30-17-5-3-16(4-6-17)22-21-24(27)28-13-29-25(21)33(32-22)18-7-9-19(34)10-8-18/h2*4-7,12-14,19,35H,8-11H2,1-3H3,(H,31,32)(H2,28,29,30);3-6,11-13,18H,7-10H2,1-2H3,(H,30,31)(H2,27,28,29). The number of fused-ring (bicyclic) bond motifs is 6. The number of rotatable bonds is 12. The summed E-state index contributed by atoms with van der Waals surface area (Å²) in [6.45, 7) is 16.0. The normalized spacial score (nSPS) is 18.5. The lowest BCUT2D eigenvalue weighted by molar-refractivity contribution is -0.120. The van der Waals surface area contributed by atoms with Crippen LogP contribution >= 0.6 is 0 Å². The molecule has 9 aromatic heterocycles. The van der Waals surface area contributed by atoms with Crippen molar-refractivity contribution in [3.05, 3.63) is 162 Å². The number of nitrogens with two attached hydrogens (primary N) is 3. The Labute approximate surface area is 614 Å². The van der Waals surface area contributed by atoms with Crippen molar-refractivity contribution in [2.75, 3.05) is 33.2 Å². The quantitative estimate of drug-likeness (QED) is 0.0563. The highest BCUT2D eigenvalue weighted by Crippen LogP contribution is 2.43. The van der Waals surface area contributed by atoms with Crippen molar-refractivity contribution in [3.8, 4) is 33.8 Å². The Bertz CT molecular complexity index is 5620. The van der Waals surface area contributed by atoms with Crippen LogP contribution in [0.2, 0.25) is 0 Å². The fourth-order valence-electron chi connectivity index (χ4n) is 15.3. The number of aliphatic hydroxyl groups is 2. The van der Waals surface area contributed by atoms with Gasteiger partial charge in [0.25, 0.3) is 18.0 Å². The molecule has 0 amide bonds. The van der Waals surface area contributed by atoms with Crippen molar-refractivity contribution < 1.29 is 28.3 Å². The Hall–Kier alpha value is -12.2. The van der Waals surface area contributed by atoms with Gasteiger partial charge in [-0.3, -0.25) is 4.79 Å². The predicted molar refractivity (Wildman–Crippen MR) is 415 cm³/mol. The molecule has 18 rings (SSSR count). The van der Waals surface area contributed by atoms with Gasteiger partial charge in [0.05, 0.1) is 45.5 Å². The average Bonchev–Trinajstić information content (AvgIpc) is 1.63. The fraction of sp³-hybridized carbons (Fsp3) is 0.312. The van der Waals surface area contributed by atoms with Gasteiger partial charge in [-0.25, -0.2) is 43.9 Å². The van der Waals surface area contributed by atoms with E-state index in [0.717, 1.165) is 209 Å². The Kier molecular flexibility index (Phi) is 17.9. The minimum atomic E-state index is -0.620. The third-order valence-electron chi connectivity index (χ3n) is 20.9. The number of nitrogens with one attached hydrogen (secondary N) is 3. The summed E-state index contributed by atoms with van der Waals surface area (Å²) in [7, 11) is 0. The van der Waals surface area contributed by atoms with E-state index in [1.807, 2.05) is 160 Å². The molecule has 15 aromatic rings. The van der Waals surface area contributed by atoms with Crippen LogP contribution < -0.4 is 33.2 Å². The van der Waals surface area contributed by atoms with Gasteiger partial charge in [0.2, 0.25) is 0 Å². The number of aromatic nitrogens is 15. The van der Waals surface area contributed by atoms with E-state index in [9.17, 15) is 15.0 Å². The number of hydrogen-bond donors (Lipinski definition) is 8. The molecule has 544 valence electrons. The summed E-state index contributed by atoms with van der Waals surface area (Å²) in [5.74, 6) is 1.51. The highest BCUT2D eigenvalue weighted by molar-refractivity contribution is 6.01. The average molecular weight is 1430 g/mol. The van der Waals surface area contributed by atoms with Gasteiger partial charge < -0.3 is 56.6 Å². The summed E-state index contributed by atoms with van der Waals surface area (Å²) in [6.07, 6.45) is 13.3. The predicted octanol–water partition coefficient (Wildman–Crippen LogP) is 16.1. The molecular weight excluding hydrogens is 1350 g/mol. The van der Waals surface area contributed by atoms with Crippen molar-refractivity contribution in [1.82, 2.24) is 74.2 Å². The number of benzene rings is 6. The van der Waals surface area contributed by atoms with Crippen LogP contribution in [0.25, 0.3) is 100 Å². The number of nitrogens with zero attached hydrogens (tertiary/aromatic N) is 15.